The Hall–Kier alpha value is -1.32. The van der Waals surface area contributed by atoms with Crippen molar-refractivity contribution in [2.75, 3.05) is 0 Å². The number of pyridine rings is 1. The highest BCUT2D eigenvalue weighted by Gasteiger charge is 2.01. The molecule has 17 heavy (non-hydrogen) atoms. The van der Waals surface area contributed by atoms with Crippen molar-refractivity contribution in [2.45, 2.75) is 30.4 Å². The molecule has 2 rings (SSSR count). The molecule has 0 fully saturated rings. The lowest BCUT2D eigenvalue weighted by Crippen LogP contribution is -1.86. The normalized spacial score (nSPS) is 10.5. The lowest BCUT2D eigenvalue weighted by atomic mass is 10.1. The fourth-order valence-electron chi connectivity index (χ4n) is 1.46. The van der Waals surface area contributed by atoms with E-state index in [0.717, 1.165) is 10.6 Å². The Labute approximate surface area is 106 Å². The largest absolute Gasteiger partial charge is 0.392 e. The van der Waals surface area contributed by atoms with Crippen molar-refractivity contribution in [2.24, 2.45) is 0 Å². The van der Waals surface area contributed by atoms with Crippen molar-refractivity contribution in [1.82, 2.24) is 4.98 Å². The number of nitrogens with zero attached hydrogens (tertiary/aromatic N) is 1. The van der Waals surface area contributed by atoms with Gasteiger partial charge in [-0.15, -0.1) is 0 Å². The summed E-state index contributed by atoms with van der Waals surface area (Å²) in [5, 5.41) is 9.89. The number of aliphatic hydroxyl groups is 1. The van der Waals surface area contributed by atoms with Gasteiger partial charge in [-0.1, -0.05) is 23.9 Å². The van der Waals surface area contributed by atoms with Crippen molar-refractivity contribution in [3.05, 3.63) is 53.2 Å². The van der Waals surface area contributed by atoms with Crippen LogP contribution in [-0.4, -0.2) is 10.1 Å². The van der Waals surface area contributed by atoms with Gasteiger partial charge in [0.15, 0.2) is 0 Å². The standard InChI is InChI=1S/C14H15NOS/c1-10-3-5-13(7-11(10)2)17-14-6-4-12(9-16)8-15-14/h3-8,16H,9H2,1-2H3. The van der Waals surface area contributed by atoms with Crippen molar-refractivity contribution in [1.29, 1.82) is 0 Å². The summed E-state index contributed by atoms with van der Waals surface area (Å²) in [5.74, 6) is 0. The minimum absolute atomic E-state index is 0.0432. The molecule has 2 nitrogen and oxygen atoms in total. The van der Waals surface area contributed by atoms with E-state index in [4.69, 9.17) is 5.11 Å². The number of aromatic nitrogens is 1. The predicted octanol–water partition coefficient (Wildman–Crippen LogP) is 3.34. The van der Waals surface area contributed by atoms with Gasteiger partial charge in [-0.25, -0.2) is 4.98 Å². The number of benzene rings is 1. The highest BCUT2D eigenvalue weighted by Crippen LogP contribution is 2.27. The average Bonchev–Trinajstić information content (AvgIpc) is 2.35. The van der Waals surface area contributed by atoms with Crippen LogP contribution in [-0.2, 0) is 6.61 Å². The molecule has 0 atom stereocenters. The van der Waals surface area contributed by atoms with Gasteiger partial charge in [0, 0.05) is 11.1 Å². The van der Waals surface area contributed by atoms with E-state index in [-0.39, 0.29) is 6.61 Å². The molecule has 0 unspecified atom stereocenters. The van der Waals surface area contributed by atoms with E-state index in [1.54, 1.807) is 18.0 Å². The van der Waals surface area contributed by atoms with Crippen LogP contribution in [0.1, 0.15) is 16.7 Å². The first-order valence-electron chi connectivity index (χ1n) is 5.50. The highest BCUT2D eigenvalue weighted by molar-refractivity contribution is 7.99. The molecule has 0 amide bonds. The predicted molar refractivity (Wildman–Crippen MR) is 70.2 cm³/mol. The molecule has 1 aromatic carbocycles. The molecule has 0 saturated heterocycles. The summed E-state index contributed by atoms with van der Waals surface area (Å²) in [7, 11) is 0. The van der Waals surface area contributed by atoms with Gasteiger partial charge >= 0.3 is 0 Å². The van der Waals surface area contributed by atoms with Gasteiger partial charge in [0.1, 0.15) is 5.03 Å². The summed E-state index contributed by atoms with van der Waals surface area (Å²) in [5.41, 5.74) is 3.44. The highest BCUT2D eigenvalue weighted by atomic mass is 32.2. The molecule has 1 N–H and O–H groups in total. The second-order valence-corrected chi connectivity index (χ2v) is 5.10. The first kappa shape index (κ1) is 12.1. The van der Waals surface area contributed by atoms with Crippen LogP contribution in [0.4, 0.5) is 0 Å². The molecule has 0 aliphatic heterocycles. The summed E-state index contributed by atoms with van der Waals surface area (Å²) < 4.78 is 0. The molecule has 0 saturated carbocycles. The molecule has 1 aromatic heterocycles. The maximum absolute atomic E-state index is 8.94. The van der Waals surface area contributed by atoms with Gasteiger partial charge in [-0.3, -0.25) is 0 Å². The van der Waals surface area contributed by atoms with Gasteiger partial charge in [0.2, 0.25) is 0 Å². The van der Waals surface area contributed by atoms with E-state index >= 15 is 0 Å². The van der Waals surface area contributed by atoms with E-state index in [9.17, 15) is 0 Å². The summed E-state index contributed by atoms with van der Waals surface area (Å²) >= 11 is 1.64. The third-order valence-corrected chi connectivity index (χ3v) is 3.62. The monoisotopic (exact) mass is 245 g/mol. The van der Waals surface area contributed by atoms with Gasteiger partial charge in [-0.05, 0) is 48.7 Å². The van der Waals surface area contributed by atoms with E-state index < -0.39 is 0 Å². The molecule has 3 heteroatoms. The first-order valence-corrected chi connectivity index (χ1v) is 6.31. The molecule has 88 valence electrons. The van der Waals surface area contributed by atoms with Crippen LogP contribution in [0.15, 0.2) is 46.5 Å². The van der Waals surface area contributed by atoms with Gasteiger partial charge < -0.3 is 5.11 Å². The van der Waals surface area contributed by atoms with E-state index in [2.05, 4.69) is 37.0 Å². The summed E-state index contributed by atoms with van der Waals surface area (Å²) in [6, 6.07) is 10.2. The van der Waals surface area contributed by atoms with Crippen molar-refractivity contribution in [3.63, 3.8) is 0 Å². The van der Waals surface area contributed by atoms with Crippen LogP contribution >= 0.6 is 11.8 Å². The lowest BCUT2D eigenvalue weighted by molar-refractivity contribution is 0.281. The molecule has 0 aliphatic carbocycles. The second kappa shape index (κ2) is 5.34. The molecule has 0 radical (unpaired) electrons. The Kier molecular flexibility index (Phi) is 3.82. The second-order valence-electron chi connectivity index (χ2n) is 4.01. The molecule has 2 aromatic rings. The van der Waals surface area contributed by atoms with Crippen LogP contribution in [0.3, 0.4) is 0 Å². The summed E-state index contributed by atoms with van der Waals surface area (Å²) in [4.78, 5) is 5.49. The van der Waals surface area contributed by atoms with Crippen molar-refractivity contribution >= 4 is 11.8 Å². The lowest BCUT2D eigenvalue weighted by Gasteiger charge is -2.05. The van der Waals surface area contributed by atoms with E-state index in [0.29, 0.717) is 0 Å². The van der Waals surface area contributed by atoms with Crippen molar-refractivity contribution in [3.8, 4) is 0 Å². The Morgan fingerprint density at radius 3 is 2.53 bits per heavy atom. The van der Waals surface area contributed by atoms with Crippen LogP contribution in [0.2, 0.25) is 0 Å². The number of aliphatic hydroxyl groups excluding tert-OH is 1. The Bertz CT molecular complexity index is 508. The zero-order valence-electron chi connectivity index (χ0n) is 9.97. The maximum atomic E-state index is 8.94. The SMILES string of the molecule is Cc1ccc(Sc2ccc(CO)cn2)cc1C. The third kappa shape index (κ3) is 3.08. The van der Waals surface area contributed by atoms with Crippen molar-refractivity contribution < 1.29 is 5.11 Å². The van der Waals surface area contributed by atoms with Crippen LogP contribution < -0.4 is 0 Å². The number of rotatable bonds is 3. The quantitative estimate of drug-likeness (QED) is 0.900. The molecular formula is C14H15NOS. The molecule has 1 heterocycles. The van der Waals surface area contributed by atoms with E-state index in [1.165, 1.54) is 16.0 Å². The smallest absolute Gasteiger partial charge is 0.101 e. The zero-order chi connectivity index (χ0) is 12.3. The van der Waals surface area contributed by atoms with Gasteiger partial charge in [0.25, 0.3) is 0 Å². The summed E-state index contributed by atoms with van der Waals surface area (Å²) in [6.07, 6.45) is 1.71. The maximum Gasteiger partial charge on any atom is 0.101 e. The molecule has 0 spiro atoms. The molecule has 0 bridgehead atoms. The molecule has 0 aliphatic rings. The number of hydrogen-bond donors (Lipinski definition) is 1. The third-order valence-electron chi connectivity index (χ3n) is 2.68. The fraction of sp³-hybridized carbons (Fsp3) is 0.214. The molecular weight excluding hydrogens is 230 g/mol. The Morgan fingerprint density at radius 1 is 1.12 bits per heavy atom. The zero-order valence-corrected chi connectivity index (χ0v) is 10.8. The first-order chi connectivity index (χ1) is 8.19. The topological polar surface area (TPSA) is 33.1 Å². The Morgan fingerprint density at radius 2 is 1.94 bits per heavy atom. The fourth-order valence-corrected chi connectivity index (χ4v) is 2.32. The minimum atomic E-state index is 0.0432. The van der Waals surface area contributed by atoms with Crippen LogP contribution in [0.25, 0.3) is 0 Å². The van der Waals surface area contributed by atoms with Gasteiger partial charge in [0.05, 0.1) is 6.61 Å². The average molecular weight is 245 g/mol. The van der Waals surface area contributed by atoms with Gasteiger partial charge in [-0.2, -0.15) is 0 Å². The van der Waals surface area contributed by atoms with E-state index in [1.807, 2.05) is 12.1 Å². The number of aryl methyl sites for hydroxylation is 2. The number of hydrogen-bond acceptors (Lipinski definition) is 3. The Balaban J connectivity index is 2.16. The van der Waals surface area contributed by atoms with Crippen LogP contribution in [0.5, 0.6) is 0 Å². The van der Waals surface area contributed by atoms with Crippen LogP contribution in [0, 0.1) is 13.8 Å². The minimum Gasteiger partial charge on any atom is -0.392 e. The summed E-state index contributed by atoms with van der Waals surface area (Å²) in [6.45, 7) is 4.27.